The number of ketones is 1. The third kappa shape index (κ3) is 3.90. The van der Waals surface area contributed by atoms with E-state index in [1.54, 1.807) is 0 Å². The minimum absolute atomic E-state index is 0.00699. The smallest absolute Gasteiger partial charge is 0.251 e. The summed E-state index contributed by atoms with van der Waals surface area (Å²) in [5.41, 5.74) is 7.08. The fraction of sp³-hybridized carbons (Fsp3) is 0.703. The van der Waals surface area contributed by atoms with Crippen LogP contribution in [0.5, 0.6) is 0 Å². The first-order valence-electron chi connectivity index (χ1n) is 16.4. The van der Waals surface area contributed by atoms with E-state index in [-0.39, 0.29) is 56.8 Å². The predicted molar refractivity (Wildman–Crippen MR) is 166 cm³/mol. The van der Waals surface area contributed by atoms with Crippen molar-refractivity contribution in [3.63, 3.8) is 0 Å². The van der Waals surface area contributed by atoms with Gasteiger partial charge < -0.3 is 11.1 Å². The van der Waals surface area contributed by atoms with Crippen LogP contribution in [-0.4, -0.2) is 23.6 Å². The average molecular weight is 573 g/mol. The van der Waals surface area contributed by atoms with Crippen molar-refractivity contribution in [1.82, 2.24) is 5.32 Å². The normalized spacial score (nSPS) is 45.8. The lowest BCUT2D eigenvalue weighted by Gasteiger charge is -2.70. The Bertz CT molecular complexity index is 1350. The lowest BCUT2D eigenvalue weighted by atomic mass is 9.33. The Morgan fingerprint density at radius 2 is 1.52 bits per heavy atom. The molecule has 42 heavy (non-hydrogen) atoms. The number of nitrogens with one attached hydrogen (secondary N) is 1. The van der Waals surface area contributed by atoms with Gasteiger partial charge in [-0.3, -0.25) is 14.4 Å². The van der Waals surface area contributed by atoms with E-state index in [1.165, 1.54) is 5.57 Å². The molecule has 1 aromatic rings. The number of hydrogen-bond acceptors (Lipinski definition) is 3. The maximum atomic E-state index is 14.6. The molecule has 5 heteroatoms. The van der Waals surface area contributed by atoms with Crippen molar-refractivity contribution in [2.45, 2.75) is 112 Å². The summed E-state index contributed by atoms with van der Waals surface area (Å²) in [5.74, 6) is 0.605. The topological polar surface area (TPSA) is 89.3 Å². The largest absolute Gasteiger partial charge is 0.369 e. The van der Waals surface area contributed by atoms with Gasteiger partial charge >= 0.3 is 0 Å². The van der Waals surface area contributed by atoms with E-state index in [0.29, 0.717) is 17.3 Å². The number of carbonyl (C=O) groups excluding carboxylic acids is 3. The summed E-state index contributed by atoms with van der Waals surface area (Å²) in [6.45, 7) is 16.4. The number of primary amides is 1. The number of rotatable bonds is 3. The molecule has 4 fully saturated rings. The molecule has 4 saturated carbocycles. The van der Waals surface area contributed by atoms with Gasteiger partial charge in [0.1, 0.15) is 0 Å². The molecule has 9 atom stereocenters. The van der Waals surface area contributed by atoms with E-state index >= 15 is 0 Å². The van der Waals surface area contributed by atoms with E-state index in [1.807, 2.05) is 37.3 Å². The summed E-state index contributed by atoms with van der Waals surface area (Å²) in [6.07, 6.45) is 10.8. The van der Waals surface area contributed by atoms with Crippen molar-refractivity contribution in [1.29, 1.82) is 0 Å². The van der Waals surface area contributed by atoms with Gasteiger partial charge in [-0.2, -0.15) is 0 Å². The number of hydrogen-bond donors (Lipinski definition) is 2. The molecule has 3 N–H and O–H groups in total. The van der Waals surface area contributed by atoms with Crippen LogP contribution in [0.3, 0.4) is 0 Å². The van der Waals surface area contributed by atoms with E-state index in [4.69, 9.17) is 5.73 Å². The minimum atomic E-state index is -0.514. The van der Waals surface area contributed by atoms with Gasteiger partial charge in [-0.25, -0.2) is 0 Å². The summed E-state index contributed by atoms with van der Waals surface area (Å²) in [4.78, 5) is 40.4. The molecule has 1 aromatic carbocycles. The van der Waals surface area contributed by atoms with Gasteiger partial charge in [0.2, 0.25) is 5.91 Å². The Labute approximate surface area is 252 Å². The quantitative estimate of drug-likeness (QED) is 0.400. The highest BCUT2D eigenvalue weighted by Crippen LogP contribution is 2.75. The molecule has 0 aliphatic heterocycles. The molecule has 1 unspecified atom stereocenters. The molecule has 0 bridgehead atoms. The zero-order valence-electron chi connectivity index (χ0n) is 26.9. The summed E-state index contributed by atoms with van der Waals surface area (Å²) in [5, 5.41) is 3.40. The van der Waals surface area contributed by atoms with Gasteiger partial charge in [0.25, 0.3) is 5.91 Å². The van der Waals surface area contributed by atoms with Crippen molar-refractivity contribution in [3.05, 3.63) is 47.5 Å². The number of carbonyl (C=O) groups is 3. The second kappa shape index (κ2) is 9.29. The second-order valence-corrected chi connectivity index (χ2v) is 16.9. The van der Waals surface area contributed by atoms with Crippen molar-refractivity contribution in [2.75, 3.05) is 0 Å². The van der Waals surface area contributed by atoms with Gasteiger partial charge in [-0.05, 0) is 115 Å². The summed E-state index contributed by atoms with van der Waals surface area (Å²) >= 11 is 0. The molecule has 2 amide bonds. The Morgan fingerprint density at radius 1 is 0.857 bits per heavy atom. The highest BCUT2D eigenvalue weighted by Gasteiger charge is 2.70. The Hall–Kier alpha value is -2.43. The monoisotopic (exact) mass is 572 g/mol. The molecular weight excluding hydrogens is 520 g/mol. The Balaban J connectivity index is 1.35. The first kappa shape index (κ1) is 29.6. The van der Waals surface area contributed by atoms with Crippen LogP contribution in [-0.2, 0) is 9.59 Å². The van der Waals surface area contributed by atoms with Crippen LogP contribution >= 0.6 is 0 Å². The molecule has 0 radical (unpaired) electrons. The molecule has 0 saturated heterocycles. The number of benzene rings is 1. The van der Waals surface area contributed by atoms with Crippen molar-refractivity contribution in [3.8, 4) is 0 Å². The molecular formula is C37H52N2O3. The SMILES string of the molecule is CC1(C)C(NC(=O)c2ccccc2)CC[C@]2(C)[C@H]3C(=O)C=C4[C@@H]5C[C@@](C)(C(N)=O)CC[C@]5(C)CC[C@@]4(C)[C@]3(C)CC[C@@H]12. The standard InChI is InChI=1S/C37H52N2O3/c1-32(2)27-13-16-37(7)29(35(27,5)15-14-28(32)39-30(41)23-11-9-8-10-12-23)26(40)21-24-25-22-34(4,31(38)42)18-17-33(25,3)19-20-36(24,37)6/h8-12,21,25,27-29H,13-20,22H2,1-7H3,(H2,38,42)(H,39,41)/t25-,27-,28?,29+,33+,34-,35-,36+,37+/m0/s1. The summed E-state index contributed by atoms with van der Waals surface area (Å²) < 4.78 is 0. The fourth-order valence-corrected chi connectivity index (χ4v) is 11.5. The third-order valence-corrected chi connectivity index (χ3v) is 14.5. The van der Waals surface area contributed by atoms with E-state index < -0.39 is 5.41 Å². The van der Waals surface area contributed by atoms with Gasteiger partial charge in [0.15, 0.2) is 5.78 Å². The molecule has 0 spiro atoms. The van der Waals surface area contributed by atoms with Gasteiger partial charge in [-0.15, -0.1) is 0 Å². The van der Waals surface area contributed by atoms with Crippen LogP contribution in [0.15, 0.2) is 42.0 Å². The van der Waals surface area contributed by atoms with Crippen LogP contribution in [0.2, 0.25) is 0 Å². The van der Waals surface area contributed by atoms with Crippen LogP contribution in [0.4, 0.5) is 0 Å². The average Bonchev–Trinajstić information content (AvgIpc) is 2.92. The summed E-state index contributed by atoms with van der Waals surface area (Å²) in [6, 6.07) is 9.57. The van der Waals surface area contributed by atoms with Crippen molar-refractivity contribution < 1.29 is 14.4 Å². The molecule has 5 nitrogen and oxygen atoms in total. The van der Waals surface area contributed by atoms with Crippen molar-refractivity contribution in [2.24, 2.45) is 56.0 Å². The third-order valence-electron chi connectivity index (χ3n) is 14.5. The fourth-order valence-electron chi connectivity index (χ4n) is 11.5. The maximum Gasteiger partial charge on any atom is 0.251 e. The number of amides is 2. The zero-order chi connectivity index (χ0) is 30.5. The first-order valence-corrected chi connectivity index (χ1v) is 16.4. The molecule has 0 heterocycles. The number of nitrogens with two attached hydrogens (primary N) is 1. The van der Waals surface area contributed by atoms with Crippen LogP contribution in [0.1, 0.15) is 117 Å². The van der Waals surface area contributed by atoms with Gasteiger partial charge in [0.05, 0.1) is 0 Å². The molecule has 6 rings (SSSR count). The molecule has 228 valence electrons. The highest BCUT2D eigenvalue weighted by molar-refractivity contribution is 5.96. The summed E-state index contributed by atoms with van der Waals surface area (Å²) in [7, 11) is 0. The number of fused-ring (bicyclic) bond motifs is 7. The van der Waals surface area contributed by atoms with Gasteiger partial charge in [-0.1, -0.05) is 72.2 Å². The van der Waals surface area contributed by atoms with Crippen LogP contribution < -0.4 is 11.1 Å². The number of allylic oxidation sites excluding steroid dienone is 2. The van der Waals surface area contributed by atoms with E-state index in [2.05, 4.69) is 52.9 Å². The van der Waals surface area contributed by atoms with Crippen molar-refractivity contribution >= 4 is 17.6 Å². The Kier molecular flexibility index (Phi) is 6.55. The maximum absolute atomic E-state index is 14.6. The highest BCUT2D eigenvalue weighted by atomic mass is 16.2. The van der Waals surface area contributed by atoms with E-state index in [9.17, 15) is 14.4 Å². The zero-order valence-corrected chi connectivity index (χ0v) is 26.9. The van der Waals surface area contributed by atoms with Gasteiger partial charge in [0, 0.05) is 22.9 Å². The molecule has 5 aliphatic rings. The minimum Gasteiger partial charge on any atom is -0.369 e. The van der Waals surface area contributed by atoms with E-state index in [0.717, 1.165) is 57.8 Å². The predicted octanol–water partition coefficient (Wildman–Crippen LogP) is 7.25. The Morgan fingerprint density at radius 3 is 2.19 bits per heavy atom. The second-order valence-electron chi connectivity index (χ2n) is 16.9. The molecule has 0 aromatic heterocycles. The molecule has 5 aliphatic carbocycles. The first-order chi connectivity index (χ1) is 19.5. The van der Waals surface area contributed by atoms with Crippen LogP contribution in [0, 0.1) is 50.2 Å². The lowest BCUT2D eigenvalue weighted by molar-refractivity contribution is -0.188. The lowest BCUT2D eigenvalue weighted by Crippen LogP contribution is -2.67. The van der Waals surface area contributed by atoms with Crippen LogP contribution in [0.25, 0.3) is 0 Å².